The van der Waals surface area contributed by atoms with E-state index in [2.05, 4.69) is 17.4 Å². The summed E-state index contributed by atoms with van der Waals surface area (Å²) in [6.45, 7) is -0.0436. The Morgan fingerprint density at radius 3 is 1.77 bits per heavy atom. The average molecular weight is 533 g/mol. The number of alkyl carbamates (subject to hydrolysis) is 1. The van der Waals surface area contributed by atoms with Crippen LogP contribution in [-0.2, 0) is 14.4 Å². The molecule has 4 aromatic rings. The molecule has 198 valence electrons. The zero-order valence-electron chi connectivity index (χ0n) is 21.3. The van der Waals surface area contributed by atoms with Crippen LogP contribution in [0.15, 0.2) is 103 Å². The van der Waals surface area contributed by atoms with E-state index in [4.69, 9.17) is 9.57 Å². The van der Waals surface area contributed by atoms with E-state index in [0.717, 1.165) is 22.3 Å². The number of rotatable bonds is 7. The van der Waals surface area contributed by atoms with Gasteiger partial charge in [-0.05, 0) is 39.9 Å². The number of hydrogen-bond donors (Lipinski definition) is 1. The van der Waals surface area contributed by atoms with Crippen LogP contribution >= 0.6 is 0 Å². The van der Waals surface area contributed by atoms with Gasteiger partial charge < -0.3 is 14.9 Å². The van der Waals surface area contributed by atoms with Crippen LogP contribution in [0.1, 0.15) is 49.2 Å². The van der Waals surface area contributed by atoms with Crippen LogP contribution in [0.3, 0.4) is 0 Å². The van der Waals surface area contributed by atoms with Crippen molar-refractivity contribution in [2.24, 2.45) is 0 Å². The molecule has 6 rings (SSSR count). The van der Waals surface area contributed by atoms with Gasteiger partial charge in [0.1, 0.15) is 12.5 Å². The van der Waals surface area contributed by atoms with Gasteiger partial charge in [0.25, 0.3) is 11.8 Å². The van der Waals surface area contributed by atoms with E-state index in [-0.39, 0.29) is 30.2 Å². The maximum absolute atomic E-state index is 13.2. The van der Waals surface area contributed by atoms with E-state index in [1.165, 1.54) is 12.1 Å². The largest absolute Gasteiger partial charge is 0.449 e. The van der Waals surface area contributed by atoms with Crippen molar-refractivity contribution in [3.05, 3.63) is 131 Å². The van der Waals surface area contributed by atoms with Crippen molar-refractivity contribution in [3.8, 4) is 11.1 Å². The highest BCUT2D eigenvalue weighted by molar-refractivity contribution is 6.21. The second kappa shape index (κ2) is 10.5. The molecular formula is C32H24N2O6. The van der Waals surface area contributed by atoms with E-state index in [9.17, 15) is 19.2 Å². The Bertz CT molecular complexity index is 1550. The van der Waals surface area contributed by atoms with Gasteiger partial charge in [0.05, 0.1) is 11.1 Å². The predicted octanol–water partition coefficient (Wildman–Crippen LogP) is 5.06. The lowest BCUT2D eigenvalue weighted by Gasteiger charge is -2.20. The molecule has 1 aliphatic carbocycles. The maximum atomic E-state index is 13.2. The number of imide groups is 1. The van der Waals surface area contributed by atoms with Crippen LogP contribution in [0.4, 0.5) is 4.79 Å². The van der Waals surface area contributed by atoms with Gasteiger partial charge >= 0.3 is 12.1 Å². The molecule has 1 atom stereocenters. The number of fused-ring (bicyclic) bond motifs is 4. The monoisotopic (exact) mass is 532 g/mol. The maximum Gasteiger partial charge on any atom is 0.407 e. The summed E-state index contributed by atoms with van der Waals surface area (Å²) in [5, 5.41) is 3.12. The highest BCUT2D eigenvalue weighted by atomic mass is 16.7. The number of nitrogens with one attached hydrogen (secondary N) is 1. The molecule has 1 unspecified atom stereocenters. The second-order valence-corrected chi connectivity index (χ2v) is 9.53. The minimum Gasteiger partial charge on any atom is -0.449 e. The SMILES string of the molecule is O=C(NCC(C(=O)ON1C(=O)c2ccccc2C1=O)c1ccccc1)OCC1c2ccccc2-c2ccccc21. The van der Waals surface area contributed by atoms with Crippen molar-refractivity contribution in [2.45, 2.75) is 11.8 Å². The van der Waals surface area contributed by atoms with Crippen molar-refractivity contribution in [1.82, 2.24) is 10.4 Å². The Kier molecular flexibility index (Phi) is 6.57. The molecule has 0 fully saturated rings. The quantitative estimate of drug-likeness (QED) is 0.334. The third-order valence-corrected chi connectivity index (χ3v) is 7.22. The lowest BCUT2D eigenvalue weighted by atomic mass is 9.98. The first kappa shape index (κ1) is 25.1. The summed E-state index contributed by atoms with van der Waals surface area (Å²) in [5.74, 6) is -3.40. The van der Waals surface area contributed by atoms with Gasteiger partial charge in [-0.1, -0.05) is 96.1 Å². The fraction of sp³-hybridized carbons (Fsp3) is 0.125. The zero-order valence-corrected chi connectivity index (χ0v) is 21.3. The molecule has 8 heteroatoms. The summed E-state index contributed by atoms with van der Waals surface area (Å²) >= 11 is 0. The fourth-order valence-corrected chi connectivity index (χ4v) is 5.26. The van der Waals surface area contributed by atoms with Crippen molar-refractivity contribution in [3.63, 3.8) is 0 Å². The van der Waals surface area contributed by atoms with Crippen LogP contribution in [-0.4, -0.2) is 42.1 Å². The second-order valence-electron chi connectivity index (χ2n) is 9.53. The molecular weight excluding hydrogens is 508 g/mol. The fourth-order valence-electron chi connectivity index (χ4n) is 5.26. The molecule has 1 heterocycles. The molecule has 3 amide bonds. The average Bonchev–Trinajstić information content (AvgIpc) is 3.44. The molecule has 4 aromatic carbocycles. The number of nitrogens with zero attached hydrogens (tertiary/aromatic N) is 1. The van der Waals surface area contributed by atoms with Crippen LogP contribution < -0.4 is 5.32 Å². The topological polar surface area (TPSA) is 102 Å². The van der Waals surface area contributed by atoms with Crippen molar-refractivity contribution >= 4 is 23.9 Å². The number of carbonyl (C=O) groups excluding carboxylic acids is 4. The van der Waals surface area contributed by atoms with Gasteiger partial charge in [-0.25, -0.2) is 9.59 Å². The number of amides is 3. The smallest absolute Gasteiger partial charge is 0.407 e. The summed E-state index contributed by atoms with van der Waals surface area (Å²) in [4.78, 5) is 56.7. The summed E-state index contributed by atoms with van der Waals surface area (Å²) in [7, 11) is 0. The lowest BCUT2D eigenvalue weighted by molar-refractivity contribution is -0.170. The summed E-state index contributed by atoms with van der Waals surface area (Å²) < 4.78 is 5.59. The standard InChI is InChI=1S/C32H24N2O6/c35-29-25-16-8-9-17-26(25)30(36)34(29)40-31(37)27(20-10-2-1-3-11-20)18-33-32(38)39-19-28-23-14-6-4-12-21(23)22-13-5-7-15-24(22)28/h1-17,27-28H,18-19H2,(H,33,38). The number of carbonyl (C=O) groups is 4. The molecule has 0 saturated heterocycles. The predicted molar refractivity (Wildman–Crippen MR) is 145 cm³/mol. The van der Waals surface area contributed by atoms with Crippen LogP contribution in [0.5, 0.6) is 0 Å². The molecule has 0 bridgehead atoms. The molecule has 0 saturated carbocycles. The number of hydrogen-bond acceptors (Lipinski definition) is 6. The zero-order chi connectivity index (χ0) is 27.6. The summed E-state index contributed by atoms with van der Waals surface area (Å²) in [6.07, 6.45) is -0.698. The first-order valence-corrected chi connectivity index (χ1v) is 12.9. The minimum absolute atomic E-state index is 0.109. The minimum atomic E-state index is -0.994. The van der Waals surface area contributed by atoms with Gasteiger partial charge in [-0.3, -0.25) is 9.59 Å². The molecule has 40 heavy (non-hydrogen) atoms. The molecule has 2 aliphatic rings. The Hall–Kier alpha value is -5.24. The van der Waals surface area contributed by atoms with E-state index < -0.39 is 29.8 Å². The highest BCUT2D eigenvalue weighted by Crippen LogP contribution is 2.44. The first-order chi connectivity index (χ1) is 19.5. The lowest BCUT2D eigenvalue weighted by Crippen LogP contribution is -2.38. The molecule has 0 aromatic heterocycles. The molecule has 1 N–H and O–H groups in total. The number of benzene rings is 4. The third kappa shape index (κ3) is 4.49. The van der Waals surface area contributed by atoms with Gasteiger partial charge in [0, 0.05) is 12.5 Å². The van der Waals surface area contributed by atoms with Crippen molar-refractivity contribution < 1.29 is 28.8 Å². The van der Waals surface area contributed by atoms with E-state index in [1.54, 1.807) is 42.5 Å². The normalized spacial score (nSPS) is 14.2. The summed E-state index contributed by atoms with van der Waals surface area (Å²) in [5.41, 5.74) is 5.27. The van der Waals surface area contributed by atoms with Crippen molar-refractivity contribution in [1.29, 1.82) is 0 Å². The third-order valence-electron chi connectivity index (χ3n) is 7.22. The first-order valence-electron chi connectivity index (χ1n) is 12.9. The molecule has 0 spiro atoms. The van der Waals surface area contributed by atoms with E-state index in [0.29, 0.717) is 10.6 Å². The van der Waals surface area contributed by atoms with Gasteiger partial charge in [0.15, 0.2) is 0 Å². The Morgan fingerprint density at radius 2 is 1.20 bits per heavy atom. The highest BCUT2D eigenvalue weighted by Gasteiger charge is 2.40. The molecule has 8 nitrogen and oxygen atoms in total. The summed E-state index contributed by atoms with van der Waals surface area (Å²) in [6, 6.07) is 31.0. The molecule has 1 aliphatic heterocycles. The van der Waals surface area contributed by atoms with Crippen LogP contribution in [0.2, 0.25) is 0 Å². The van der Waals surface area contributed by atoms with Crippen LogP contribution in [0, 0.1) is 0 Å². The van der Waals surface area contributed by atoms with Crippen LogP contribution in [0.25, 0.3) is 11.1 Å². The molecule has 0 radical (unpaired) electrons. The van der Waals surface area contributed by atoms with E-state index >= 15 is 0 Å². The number of hydroxylamine groups is 2. The Morgan fingerprint density at radius 1 is 0.700 bits per heavy atom. The van der Waals surface area contributed by atoms with Gasteiger partial charge in [0.2, 0.25) is 0 Å². The van der Waals surface area contributed by atoms with Gasteiger partial charge in [-0.2, -0.15) is 0 Å². The Balaban J connectivity index is 1.13. The van der Waals surface area contributed by atoms with E-state index in [1.807, 2.05) is 36.4 Å². The van der Waals surface area contributed by atoms with Crippen molar-refractivity contribution in [2.75, 3.05) is 13.2 Å². The number of ether oxygens (including phenoxy) is 1. The van der Waals surface area contributed by atoms with Gasteiger partial charge in [-0.15, -0.1) is 0 Å². The Labute approximate surface area is 230 Å².